The maximum absolute atomic E-state index is 12.7. The topological polar surface area (TPSA) is 82.4 Å². The molecule has 0 aliphatic rings. The fourth-order valence-electron chi connectivity index (χ4n) is 0.756. The van der Waals surface area contributed by atoms with Gasteiger partial charge in [0.2, 0.25) is 0 Å². The molecule has 0 radical (unpaired) electrons. The summed E-state index contributed by atoms with van der Waals surface area (Å²) >= 11 is 0. The van der Waals surface area contributed by atoms with Crippen LogP contribution in [0.25, 0.3) is 4.13 Å². The van der Waals surface area contributed by atoms with Gasteiger partial charge in [0.1, 0.15) is 5.75 Å². The number of alkyl halides is 14. The van der Waals surface area contributed by atoms with E-state index in [0.717, 1.165) is 4.13 Å². The molecule has 0 rings (SSSR count). The van der Waals surface area contributed by atoms with Crippen molar-refractivity contribution in [1.29, 1.82) is 0 Å². The Hall–Kier alpha value is -1.12. The number of halogens is 14. The van der Waals surface area contributed by atoms with Crippen molar-refractivity contribution in [1.82, 2.24) is 0 Å². The van der Waals surface area contributed by atoms with E-state index in [-0.39, 0.29) is 0 Å². The smallest absolute Gasteiger partial charge is 0.430 e. The minimum atomic E-state index is -7.50. The Kier molecular flexibility index (Phi) is 8.03. The van der Waals surface area contributed by atoms with Gasteiger partial charge in [-0.2, -0.15) is 43.9 Å². The molecule has 0 atom stereocenters. The lowest BCUT2D eigenvalue weighted by molar-refractivity contribution is -0.331. The summed E-state index contributed by atoms with van der Waals surface area (Å²) in [7, 11) is -13.9. The van der Waals surface area contributed by atoms with Gasteiger partial charge in [-0.3, -0.25) is 0 Å². The standard InChI is InChI=1S/C5H2F10NO4S2.CF4/c6-2(7,8)1-21(17,18)16-22(19,20)5(14,15)3(9,10)4(11,12)13;2-1(3,4)5/h1H2;/q-1;. The van der Waals surface area contributed by atoms with E-state index in [4.69, 9.17) is 0 Å². The van der Waals surface area contributed by atoms with Crippen molar-refractivity contribution < 1.29 is 78.3 Å². The molecule has 0 saturated carbocycles. The van der Waals surface area contributed by atoms with E-state index in [1.165, 1.54) is 0 Å². The number of rotatable bonds is 5. The Balaban J connectivity index is 0. The number of sulfonamides is 2. The molecule has 0 amide bonds. The van der Waals surface area contributed by atoms with E-state index in [9.17, 15) is 78.3 Å². The van der Waals surface area contributed by atoms with Crippen molar-refractivity contribution in [3.05, 3.63) is 4.13 Å². The number of hydrogen-bond donors (Lipinski definition) is 0. The van der Waals surface area contributed by atoms with Gasteiger partial charge in [0.15, 0.2) is 10.0 Å². The van der Waals surface area contributed by atoms with Crippen LogP contribution in [0.4, 0.5) is 61.5 Å². The lowest BCUT2D eigenvalue weighted by Crippen LogP contribution is -2.55. The molecule has 0 heterocycles. The van der Waals surface area contributed by atoms with E-state index >= 15 is 0 Å². The van der Waals surface area contributed by atoms with Gasteiger partial charge in [-0.25, -0.2) is 16.8 Å². The van der Waals surface area contributed by atoms with Gasteiger partial charge in [-0.05, 0) is 0 Å². The van der Waals surface area contributed by atoms with Crippen LogP contribution >= 0.6 is 0 Å². The van der Waals surface area contributed by atoms with Crippen LogP contribution < -0.4 is 0 Å². The average molecular weight is 482 g/mol. The summed E-state index contributed by atoms with van der Waals surface area (Å²) < 4.78 is 202. The minimum Gasteiger partial charge on any atom is -0.430 e. The molecule has 0 N–H and O–H groups in total. The van der Waals surface area contributed by atoms with Crippen LogP contribution in [0.5, 0.6) is 0 Å². The largest absolute Gasteiger partial charge is 0.559 e. The lowest BCUT2D eigenvalue weighted by atomic mass is 10.3. The van der Waals surface area contributed by atoms with Gasteiger partial charge in [0.05, 0.1) is 10.0 Å². The zero-order valence-electron chi connectivity index (χ0n) is 11.4. The molecule has 0 fully saturated rings. The fraction of sp³-hybridized carbons (Fsp3) is 1.00. The molecule has 0 aliphatic heterocycles. The number of hydrogen-bond acceptors (Lipinski definition) is 4. The SMILES string of the molecule is FC(F)(F)F.O=S(=O)(CC(F)(F)F)[N-]S(=O)(=O)C(F)(F)C(F)(F)C(F)(F)F. The maximum atomic E-state index is 12.7. The zero-order valence-corrected chi connectivity index (χ0v) is 13.0. The van der Waals surface area contributed by atoms with E-state index in [2.05, 4.69) is 0 Å². The van der Waals surface area contributed by atoms with Crippen LogP contribution in [0.3, 0.4) is 0 Å². The quantitative estimate of drug-likeness (QED) is 0.558. The highest BCUT2D eigenvalue weighted by Gasteiger charge is 2.76. The van der Waals surface area contributed by atoms with Gasteiger partial charge in [-0.15, -0.1) is 17.6 Å². The third-order valence-electron chi connectivity index (χ3n) is 1.60. The van der Waals surface area contributed by atoms with Gasteiger partial charge in [0.25, 0.3) is 0 Å². The van der Waals surface area contributed by atoms with Crippen molar-refractivity contribution in [2.45, 2.75) is 30.0 Å². The summed E-state index contributed by atoms with van der Waals surface area (Å²) in [4.78, 5) is 0. The van der Waals surface area contributed by atoms with E-state index in [0.29, 0.717) is 0 Å². The molecule has 27 heavy (non-hydrogen) atoms. The van der Waals surface area contributed by atoms with Crippen LogP contribution in [0.2, 0.25) is 0 Å². The highest BCUT2D eigenvalue weighted by atomic mass is 32.3. The molecule has 166 valence electrons. The van der Waals surface area contributed by atoms with Gasteiger partial charge in [-0.1, -0.05) is 0 Å². The first-order chi connectivity index (χ1) is 11.2. The van der Waals surface area contributed by atoms with Crippen LogP contribution in [-0.2, 0) is 20.0 Å². The van der Waals surface area contributed by atoms with Gasteiger partial charge in [0, 0.05) is 0 Å². The Morgan fingerprint density at radius 2 is 0.926 bits per heavy atom. The molecule has 0 unspecified atom stereocenters. The third-order valence-corrected chi connectivity index (χ3v) is 4.89. The van der Waals surface area contributed by atoms with Crippen LogP contribution in [0.1, 0.15) is 0 Å². The molecule has 5 nitrogen and oxygen atoms in total. The van der Waals surface area contributed by atoms with Crippen molar-refractivity contribution in [2.75, 3.05) is 5.75 Å². The summed E-state index contributed by atoms with van der Waals surface area (Å²) in [6, 6.07) is 0. The molecule has 0 saturated heterocycles. The lowest BCUT2D eigenvalue weighted by Gasteiger charge is -2.33. The van der Waals surface area contributed by atoms with Crippen molar-refractivity contribution in [2.24, 2.45) is 0 Å². The highest BCUT2D eigenvalue weighted by Crippen LogP contribution is 2.50. The summed E-state index contributed by atoms with van der Waals surface area (Å²) in [6.07, 6.45) is -18.4. The first-order valence-corrected chi connectivity index (χ1v) is 8.07. The summed E-state index contributed by atoms with van der Waals surface area (Å²) in [5, 5.41) is -7.14. The molecule has 0 aliphatic carbocycles. The normalized spacial score (nSPS) is 15.2. The maximum Gasteiger partial charge on any atom is 0.559 e. The summed E-state index contributed by atoms with van der Waals surface area (Å²) in [5.41, 5.74) is 0. The molecule has 0 aromatic rings. The average Bonchev–Trinajstić information content (AvgIpc) is 2.18. The molecular weight excluding hydrogens is 480 g/mol. The monoisotopic (exact) mass is 482 g/mol. The molecule has 0 aromatic heterocycles. The molecule has 21 heteroatoms. The zero-order chi connectivity index (χ0) is 22.9. The first-order valence-electron chi connectivity index (χ1n) is 5.02. The van der Waals surface area contributed by atoms with E-state index < -0.39 is 55.8 Å². The number of nitrogens with zero attached hydrogens (tertiary/aromatic N) is 1. The van der Waals surface area contributed by atoms with Gasteiger partial charge >= 0.3 is 30.0 Å². The molecule has 0 bridgehead atoms. The fourth-order valence-corrected chi connectivity index (χ4v) is 3.39. The second kappa shape index (κ2) is 7.72. The minimum absolute atomic E-state index is 0.872. The van der Waals surface area contributed by atoms with Gasteiger partial charge < -0.3 is 4.13 Å². The molecular formula is C6H2F14NO4S2-. The van der Waals surface area contributed by atoms with Crippen LogP contribution in [0.15, 0.2) is 0 Å². The van der Waals surface area contributed by atoms with E-state index in [1.807, 2.05) is 0 Å². The Bertz CT molecular complexity index is 693. The predicted molar refractivity (Wildman–Crippen MR) is 55.2 cm³/mol. The van der Waals surface area contributed by atoms with Crippen LogP contribution in [0, 0.1) is 0 Å². The summed E-state index contributed by atoms with van der Waals surface area (Å²) in [5.74, 6) is -10.5. The third kappa shape index (κ3) is 9.08. The highest BCUT2D eigenvalue weighted by molar-refractivity contribution is 8.12. The van der Waals surface area contributed by atoms with Crippen molar-refractivity contribution in [3.8, 4) is 0 Å². The predicted octanol–water partition coefficient (Wildman–Crippen LogP) is 3.85. The first kappa shape index (κ1) is 28.1. The summed E-state index contributed by atoms with van der Waals surface area (Å²) in [6.45, 7) is 0. The van der Waals surface area contributed by atoms with Crippen molar-refractivity contribution >= 4 is 20.0 Å². The Morgan fingerprint density at radius 3 is 1.15 bits per heavy atom. The van der Waals surface area contributed by atoms with E-state index in [1.54, 1.807) is 0 Å². The van der Waals surface area contributed by atoms with Crippen molar-refractivity contribution in [3.63, 3.8) is 0 Å². The second-order valence-electron chi connectivity index (χ2n) is 3.91. The van der Waals surface area contributed by atoms with Crippen LogP contribution in [-0.4, -0.2) is 52.5 Å². The second-order valence-corrected chi connectivity index (χ2v) is 7.42. The Labute approximate surface area is 139 Å². The molecule has 0 spiro atoms. The molecule has 0 aromatic carbocycles. The Morgan fingerprint density at radius 1 is 0.630 bits per heavy atom.